The maximum atomic E-state index is 5.29. The highest BCUT2D eigenvalue weighted by Gasteiger charge is 2.12. The van der Waals surface area contributed by atoms with Crippen molar-refractivity contribution in [2.24, 2.45) is 0 Å². The van der Waals surface area contributed by atoms with Gasteiger partial charge >= 0.3 is 6.01 Å². The molecule has 0 bridgehead atoms. The Morgan fingerprint density at radius 3 is 2.81 bits per heavy atom. The molecule has 1 N–H and O–H groups in total. The van der Waals surface area contributed by atoms with E-state index < -0.39 is 0 Å². The number of ether oxygens (including phenoxy) is 1. The van der Waals surface area contributed by atoms with Gasteiger partial charge in [-0.15, -0.1) is 0 Å². The van der Waals surface area contributed by atoms with Crippen molar-refractivity contribution in [2.45, 2.75) is 0 Å². The van der Waals surface area contributed by atoms with Gasteiger partial charge < -0.3 is 9.72 Å². The molecule has 0 fully saturated rings. The van der Waals surface area contributed by atoms with Crippen LogP contribution >= 0.6 is 0 Å². The fourth-order valence-electron chi connectivity index (χ4n) is 1.83. The molecule has 0 amide bonds. The van der Waals surface area contributed by atoms with Gasteiger partial charge in [-0.3, -0.25) is 0 Å². The van der Waals surface area contributed by atoms with E-state index in [0.29, 0.717) is 6.01 Å². The number of hydrogen-bond donors (Lipinski definition) is 1. The summed E-state index contributed by atoms with van der Waals surface area (Å²) in [4.78, 5) is 7.56. The number of para-hydroxylation sites is 2. The van der Waals surface area contributed by atoms with Crippen molar-refractivity contribution in [3.8, 4) is 11.8 Å². The fourth-order valence-corrected chi connectivity index (χ4v) is 1.83. The van der Waals surface area contributed by atoms with Crippen LogP contribution in [0.3, 0.4) is 0 Å². The van der Waals surface area contributed by atoms with E-state index in [-0.39, 0.29) is 0 Å². The minimum absolute atomic E-state index is 0.587. The molecule has 3 rings (SSSR count). The van der Waals surface area contributed by atoms with E-state index >= 15 is 0 Å². The molecule has 0 aliphatic heterocycles. The Hall–Kier alpha value is -2.23. The molecule has 4 nitrogen and oxygen atoms in total. The Bertz CT molecular complexity index is 610. The first-order chi connectivity index (χ1) is 7.90. The molecular weight excluding hydrogens is 202 g/mol. The van der Waals surface area contributed by atoms with E-state index in [9.17, 15) is 0 Å². The van der Waals surface area contributed by atoms with Gasteiger partial charge in [-0.1, -0.05) is 12.1 Å². The van der Waals surface area contributed by atoms with Crippen LogP contribution in [0.2, 0.25) is 0 Å². The number of aromatic nitrogens is 3. The maximum absolute atomic E-state index is 5.29. The van der Waals surface area contributed by atoms with Crippen molar-refractivity contribution in [3.05, 3.63) is 42.6 Å². The summed E-state index contributed by atoms with van der Waals surface area (Å²) in [5.41, 5.74) is 1.95. The van der Waals surface area contributed by atoms with Crippen LogP contribution in [-0.4, -0.2) is 21.6 Å². The quantitative estimate of drug-likeness (QED) is 0.710. The summed E-state index contributed by atoms with van der Waals surface area (Å²) in [5.74, 6) is 0.950. The first-order valence-electron chi connectivity index (χ1n) is 5.05. The summed E-state index contributed by atoms with van der Waals surface area (Å²) in [6.07, 6.45) is 1.88. The van der Waals surface area contributed by atoms with Gasteiger partial charge in [0.2, 0.25) is 0 Å². The second kappa shape index (κ2) is 3.41. The van der Waals surface area contributed by atoms with Gasteiger partial charge in [0.1, 0.15) is 5.82 Å². The Morgan fingerprint density at radius 2 is 2.06 bits per heavy atom. The highest BCUT2D eigenvalue weighted by molar-refractivity contribution is 5.78. The van der Waals surface area contributed by atoms with Crippen molar-refractivity contribution >= 4 is 11.0 Å². The van der Waals surface area contributed by atoms with Gasteiger partial charge in [-0.05, 0) is 24.3 Å². The Morgan fingerprint density at radius 1 is 1.19 bits per heavy atom. The van der Waals surface area contributed by atoms with E-state index in [1.807, 2.05) is 47.2 Å². The summed E-state index contributed by atoms with van der Waals surface area (Å²) in [7, 11) is 1.63. The Balaban J connectivity index is 2.36. The fraction of sp³-hybridized carbons (Fsp3) is 0.0833. The molecule has 0 aliphatic rings. The molecule has 0 radical (unpaired) electrons. The highest BCUT2D eigenvalue weighted by Crippen LogP contribution is 2.24. The summed E-state index contributed by atoms with van der Waals surface area (Å²) < 4.78 is 7.24. The zero-order valence-corrected chi connectivity index (χ0v) is 8.84. The van der Waals surface area contributed by atoms with Crippen LogP contribution in [-0.2, 0) is 0 Å². The van der Waals surface area contributed by atoms with Crippen molar-refractivity contribution < 1.29 is 4.74 Å². The number of hydrogen-bond acceptors (Lipinski definition) is 2. The average molecular weight is 213 g/mol. The molecule has 16 heavy (non-hydrogen) atoms. The number of benzene rings is 1. The van der Waals surface area contributed by atoms with Crippen molar-refractivity contribution in [2.75, 3.05) is 7.11 Å². The van der Waals surface area contributed by atoms with Gasteiger partial charge in [0.05, 0.1) is 18.1 Å². The molecule has 0 unspecified atom stereocenters. The molecule has 0 saturated carbocycles. The van der Waals surface area contributed by atoms with Crippen molar-refractivity contribution in [3.63, 3.8) is 0 Å². The van der Waals surface area contributed by atoms with Crippen LogP contribution < -0.4 is 4.74 Å². The van der Waals surface area contributed by atoms with Crippen LogP contribution in [0.1, 0.15) is 0 Å². The standard InChI is InChI=1S/C12H11N3O/c1-16-12-14-9-5-2-3-6-10(9)15(12)11-7-4-8-13-11/h2-8,13H,1H3. The SMILES string of the molecule is COc1nc2ccccc2n1-c1ccc[nH]1. The third kappa shape index (κ3) is 1.20. The number of methoxy groups -OCH3 is 1. The molecule has 80 valence electrons. The topological polar surface area (TPSA) is 42.8 Å². The smallest absolute Gasteiger partial charge is 0.302 e. The summed E-state index contributed by atoms with van der Waals surface area (Å²) in [6, 6.07) is 12.5. The van der Waals surface area contributed by atoms with E-state index in [1.165, 1.54) is 0 Å². The molecule has 0 spiro atoms. The molecule has 0 aliphatic carbocycles. The lowest BCUT2D eigenvalue weighted by Crippen LogP contribution is -1.98. The second-order valence-corrected chi connectivity index (χ2v) is 3.48. The molecular formula is C12H11N3O. The largest absolute Gasteiger partial charge is 0.468 e. The van der Waals surface area contributed by atoms with E-state index in [1.54, 1.807) is 7.11 Å². The molecule has 0 saturated heterocycles. The number of H-pyrrole nitrogens is 1. The first-order valence-corrected chi connectivity index (χ1v) is 5.05. The zero-order valence-electron chi connectivity index (χ0n) is 8.84. The van der Waals surface area contributed by atoms with Gasteiger partial charge in [0.25, 0.3) is 0 Å². The lowest BCUT2D eigenvalue weighted by Gasteiger charge is -2.04. The predicted octanol–water partition coefficient (Wildman–Crippen LogP) is 2.36. The normalized spacial score (nSPS) is 10.8. The summed E-state index contributed by atoms with van der Waals surface area (Å²) in [5, 5.41) is 0. The predicted molar refractivity (Wildman–Crippen MR) is 62.0 cm³/mol. The van der Waals surface area contributed by atoms with E-state index in [4.69, 9.17) is 4.74 Å². The number of aromatic amines is 1. The summed E-state index contributed by atoms with van der Waals surface area (Å²) in [6.45, 7) is 0. The minimum atomic E-state index is 0.587. The number of rotatable bonds is 2. The number of nitrogens with one attached hydrogen (secondary N) is 1. The van der Waals surface area contributed by atoms with Gasteiger partial charge in [0, 0.05) is 6.20 Å². The third-order valence-corrected chi connectivity index (χ3v) is 2.54. The van der Waals surface area contributed by atoms with Gasteiger partial charge in [-0.2, -0.15) is 4.98 Å². The molecule has 2 aromatic heterocycles. The number of nitrogens with zero attached hydrogens (tertiary/aromatic N) is 2. The van der Waals surface area contributed by atoms with Gasteiger partial charge in [-0.25, -0.2) is 4.57 Å². The average Bonchev–Trinajstić information content (AvgIpc) is 2.94. The molecule has 2 heterocycles. The third-order valence-electron chi connectivity index (χ3n) is 2.54. The lowest BCUT2D eigenvalue weighted by molar-refractivity contribution is 0.375. The molecule has 0 atom stereocenters. The zero-order chi connectivity index (χ0) is 11.0. The van der Waals surface area contributed by atoms with Crippen LogP contribution in [0, 0.1) is 0 Å². The van der Waals surface area contributed by atoms with Crippen LogP contribution in [0.5, 0.6) is 6.01 Å². The molecule has 1 aromatic carbocycles. The maximum Gasteiger partial charge on any atom is 0.302 e. The van der Waals surface area contributed by atoms with E-state index in [0.717, 1.165) is 16.9 Å². The number of fused-ring (bicyclic) bond motifs is 1. The van der Waals surface area contributed by atoms with E-state index in [2.05, 4.69) is 9.97 Å². The monoisotopic (exact) mass is 213 g/mol. The minimum Gasteiger partial charge on any atom is -0.468 e. The second-order valence-electron chi connectivity index (χ2n) is 3.48. The summed E-state index contributed by atoms with van der Waals surface area (Å²) >= 11 is 0. The van der Waals surface area contributed by atoms with Crippen molar-refractivity contribution in [1.29, 1.82) is 0 Å². The van der Waals surface area contributed by atoms with Crippen LogP contribution in [0.4, 0.5) is 0 Å². The van der Waals surface area contributed by atoms with Gasteiger partial charge in [0.15, 0.2) is 0 Å². The Kier molecular flexibility index (Phi) is 1.93. The van der Waals surface area contributed by atoms with Crippen molar-refractivity contribution in [1.82, 2.24) is 14.5 Å². The van der Waals surface area contributed by atoms with Crippen LogP contribution in [0.25, 0.3) is 16.9 Å². The molecule has 3 aromatic rings. The lowest BCUT2D eigenvalue weighted by atomic mass is 10.3. The first kappa shape index (κ1) is 9.03. The van der Waals surface area contributed by atoms with Crippen LogP contribution in [0.15, 0.2) is 42.6 Å². The highest BCUT2D eigenvalue weighted by atomic mass is 16.5. The number of imidazole rings is 1. The molecule has 4 heteroatoms. The Labute approximate surface area is 92.5 Å².